The fourth-order valence-electron chi connectivity index (χ4n) is 2.61. The highest BCUT2D eigenvalue weighted by Gasteiger charge is 2.40. The van der Waals surface area contributed by atoms with Crippen LogP contribution in [0.4, 0.5) is 5.69 Å². The van der Waals surface area contributed by atoms with Crippen LogP contribution in [0.25, 0.3) is 6.08 Å². The number of carbonyl (C=O) groups is 2. The van der Waals surface area contributed by atoms with E-state index in [-0.39, 0.29) is 17.4 Å². The molecule has 1 fully saturated rings. The lowest BCUT2D eigenvalue weighted by atomic mass is 10.1. The molecule has 1 aliphatic heterocycles. The first kappa shape index (κ1) is 20.6. The van der Waals surface area contributed by atoms with Crippen molar-refractivity contribution >= 4 is 75.8 Å². The van der Waals surface area contributed by atoms with Gasteiger partial charge in [-0.2, -0.15) is 0 Å². The van der Waals surface area contributed by atoms with Gasteiger partial charge in [0.05, 0.1) is 12.8 Å². The van der Waals surface area contributed by atoms with E-state index < -0.39 is 11.9 Å². The Morgan fingerprint density at radius 3 is 2.36 bits per heavy atom. The minimum Gasteiger partial charge on any atom is -0.468 e. The fourth-order valence-corrected chi connectivity index (χ4v) is 3.55. The normalized spacial score (nSPS) is 15.5. The lowest BCUT2D eigenvalue weighted by Gasteiger charge is -2.19. The second-order valence-electron chi connectivity index (χ2n) is 5.76. The number of methoxy groups -OCH3 is 1. The van der Waals surface area contributed by atoms with E-state index in [2.05, 4.69) is 0 Å². The smallest absolute Gasteiger partial charge is 0.325 e. The van der Waals surface area contributed by atoms with Crippen LogP contribution in [-0.2, 0) is 14.3 Å². The number of hydrogen-bond donors (Lipinski definition) is 0. The van der Waals surface area contributed by atoms with Gasteiger partial charge in [0.2, 0.25) is 0 Å². The molecule has 0 bridgehead atoms. The number of anilines is 1. The molecular formula is C19H13Cl3N2O3S. The van der Waals surface area contributed by atoms with Crippen LogP contribution in [-0.4, -0.2) is 35.5 Å². The van der Waals surface area contributed by atoms with E-state index in [0.29, 0.717) is 26.3 Å². The SMILES string of the molecule is COC(=O)CN1C(=S)N(c2ccc(Cl)cc2)C(=O)C1=Cc1ccc(Cl)cc1Cl. The van der Waals surface area contributed by atoms with E-state index in [1.807, 2.05) is 0 Å². The lowest BCUT2D eigenvalue weighted by Crippen LogP contribution is -2.35. The maximum Gasteiger partial charge on any atom is 0.325 e. The largest absolute Gasteiger partial charge is 0.468 e. The Balaban J connectivity index is 2.07. The average molecular weight is 456 g/mol. The molecule has 3 rings (SSSR count). The van der Waals surface area contributed by atoms with Crippen molar-refractivity contribution in [3.63, 3.8) is 0 Å². The molecule has 28 heavy (non-hydrogen) atoms. The summed E-state index contributed by atoms with van der Waals surface area (Å²) in [6.45, 7) is -0.220. The van der Waals surface area contributed by atoms with Crippen LogP contribution in [0.1, 0.15) is 5.56 Å². The van der Waals surface area contributed by atoms with Gasteiger partial charge in [0.25, 0.3) is 5.91 Å². The highest BCUT2D eigenvalue weighted by atomic mass is 35.5. The van der Waals surface area contributed by atoms with E-state index in [4.69, 9.17) is 51.8 Å². The molecule has 0 unspecified atom stereocenters. The van der Waals surface area contributed by atoms with Gasteiger partial charge in [-0.3, -0.25) is 14.5 Å². The number of carbonyl (C=O) groups excluding carboxylic acids is 2. The maximum absolute atomic E-state index is 13.1. The van der Waals surface area contributed by atoms with E-state index in [0.717, 1.165) is 0 Å². The molecule has 0 N–H and O–H groups in total. The van der Waals surface area contributed by atoms with Crippen LogP contribution in [0, 0.1) is 0 Å². The molecule has 1 heterocycles. The van der Waals surface area contributed by atoms with Gasteiger partial charge in [-0.05, 0) is 60.3 Å². The summed E-state index contributed by atoms with van der Waals surface area (Å²) < 4.78 is 4.73. The molecule has 1 amide bonds. The zero-order valence-corrected chi connectivity index (χ0v) is 17.6. The predicted octanol–water partition coefficient (Wildman–Crippen LogP) is 4.79. The molecule has 2 aromatic carbocycles. The summed E-state index contributed by atoms with van der Waals surface area (Å²) in [4.78, 5) is 27.7. The van der Waals surface area contributed by atoms with Crippen molar-refractivity contribution in [2.24, 2.45) is 0 Å². The van der Waals surface area contributed by atoms with Crippen molar-refractivity contribution in [3.05, 3.63) is 68.8 Å². The van der Waals surface area contributed by atoms with Crippen LogP contribution >= 0.6 is 47.0 Å². The summed E-state index contributed by atoms with van der Waals surface area (Å²) in [5.41, 5.74) is 1.28. The van der Waals surface area contributed by atoms with Crippen LogP contribution in [0.5, 0.6) is 0 Å². The van der Waals surface area contributed by atoms with Gasteiger partial charge in [0, 0.05) is 15.1 Å². The molecule has 0 saturated carbocycles. The standard InChI is InChI=1S/C19H13Cl3N2O3S/c1-27-17(25)10-23-16(8-11-2-3-13(21)9-15(11)22)18(26)24(19(23)28)14-6-4-12(20)5-7-14/h2-9H,10H2,1H3. The molecule has 0 aliphatic carbocycles. The Kier molecular flexibility index (Phi) is 6.25. The van der Waals surface area contributed by atoms with Crippen LogP contribution in [0.3, 0.4) is 0 Å². The Morgan fingerprint density at radius 2 is 1.75 bits per heavy atom. The van der Waals surface area contributed by atoms with E-state index in [1.54, 1.807) is 48.5 Å². The lowest BCUT2D eigenvalue weighted by molar-refractivity contribution is -0.140. The van der Waals surface area contributed by atoms with Crippen molar-refractivity contribution in [2.45, 2.75) is 0 Å². The first-order chi connectivity index (χ1) is 13.3. The number of nitrogens with zero attached hydrogens (tertiary/aromatic N) is 2. The monoisotopic (exact) mass is 454 g/mol. The molecule has 0 atom stereocenters. The first-order valence-corrected chi connectivity index (χ1v) is 9.51. The quantitative estimate of drug-likeness (QED) is 0.377. The van der Waals surface area contributed by atoms with Crippen molar-refractivity contribution < 1.29 is 14.3 Å². The summed E-state index contributed by atoms with van der Waals surface area (Å²) in [7, 11) is 1.26. The molecule has 1 saturated heterocycles. The summed E-state index contributed by atoms with van der Waals surface area (Å²) in [5, 5.41) is 1.50. The van der Waals surface area contributed by atoms with Crippen molar-refractivity contribution in [1.82, 2.24) is 4.90 Å². The van der Waals surface area contributed by atoms with Gasteiger partial charge >= 0.3 is 5.97 Å². The zero-order valence-electron chi connectivity index (χ0n) is 14.5. The van der Waals surface area contributed by atoms with Gasteiger partial charge in [0.1, 0.15) is 12.2 Å². The number of esters is 1. The van der Waals surface area contributed by atoms with Crippen molar-refractivity contribution in [1.29, 1.82) is 0 Å². The summed E-state index contributed by atoms with van der Waals surface area (Å²) in [6.07, 6.45) is 1.56. The van der Waals surface area contributed by atoms with Gasteiger partial charge in [-0.1, -0.05) is 40.9 Å². The summed E-state index contributed by atoms with van der Waals surface area (Å²) in [5.74, 6) is -0.941. The molecule has 1 aliphatic rings. The molecule has 9 heteroatoms. The van der Waals surface area contributed by atoms with Crippen molar-refractivity contribution in [3.8, 4) is 0 Å². The Hall–Kier alpha value is -2.12. The fraction of sp³-hybridized carbons (Fsp3) is 0.105. The Morgan fingerprint density at radius 1 is 1.11 bits per heavy atom. The highest BCUT2D eigenvalue weighted by Crippen LogP contribution is 2.31. The summed E-state index contributed by atoms with van der Waals surface area (Å²) >= 11 is 23.6. The number of thiocarbonyl (C=S) groups is 1. The third kappa shape index (κ3) is 4.15. The van der Waals surface area contributed by atoms with E-state index in [1.165, 1.54) is 16.9 Å². The molecule has 0 radical (unpaired) electrons. The number of ether oxygens (including phenoxy) is 1. The predicted molar refractivity (Wildman–Crippen MR) is 115 cm³/mol. The van der Waals surface area contributed by atoms with E-state index >= 15 is 0 Å². The Labute approximate surface area is 182 Å². The highest BCUT2D eigenvalue weighted by molar-refractivity contribution is 7.80. The van der Waals surface area contributed by atoms with Gasteiger partial charge < -0.3 is 9.64 Å². The number of halogens is 3. The topological polar surface area (TPSA) is 49.9 Å². The Bertz CT molecular complexity index is 992. The molecule has 0 aromatic heterocycles. The minimum atomic E-state index is -0.541. The van der Waals surface area contributed by atoms with Crippen LogP contribution in [0.15, 0.2) is 48.2 Å². The second kappa shape index (κ2) is 8.49. The molecular weight excluding hydrogens is 443 g/mol. The van der Waals surface area contributed by atoms with Gasteiger partial charge in [0.15, 0.2) is 5.11 Å². The molecule has 144 valence electrons. The van der Waals surface area contributed by atoms with E-state index in [9.17, 15) is 9.59 Å². The third-order valence-electron chi connectivity index (χ3n) is 3.99. The van der Waals surface area contributed by atoms with Crippen molar-refractivity contribution in [2.75, 3.05) is 18.6 Å². The third-order valence-corrected chi connectivity index (χ3v) is 5.21. The van der Waals surface area contributed by atoms with Crippen LogP contribution < -0.4 is 4.90 Å². The number of hydrogen-bond acceptors (Lipinski definition) is 4. The summed E-state index contributed by atoms with van der Waals surface area (Å²) in [6, 6.07) is 11.5. The zero-order chi connectivity index (χ0) is 20.4. The second-order valence-corrected chi connectivity index (χ2v) is 7.40. The molecule has 5 nitrogen and oxygen atoms in total. The average Bonchev–Trinajstić information content (AvgIpc) is 2.88. The molecule has 2 aromatic rings. The number of rotatable bonds is 4. The number of benzene rings is 2. The molecule has 0 spiro atoms. The minimum absolute atomic E-state index is 0.147. The first-order valence-electron chi connectivity index (χ1n) is 7.97. The maximum atomic E-state index is 13.1. The van der Waals surface area contributed by atoms with Gasteiger partial charge in [-0.25, -0.2) is 0 Å². The number of amides is 1. The van der Waals surface area contributed by atoms with Crippen LogP contribution in [0.2, 0.25) is 15.1 Å². The van der Waals surface area contributed by atoms with Gasteiger partial charge in [-0.15, -0.1) is 0 Å².